The van der Waals surface area contributed by atoms with Gasteiger partial charge in [0.05, 0.1) is 9.95 Å². The zero-order valence-corrected chi connectivity index (χ0v) is 11.8. The van der Waals surface area contributed by atoms with E-state index in [1.54, 1.807) is 18.5 Å². The second kappa shape index (κ2) is 5.13. The summed E-state index contributed by atoms with van der Waals surface area (Å²) in [5.41, 5.74) is 1.94. The normalized spacial score (nSPS) is 10.9. The number of hydrogen-bond acceptors (Lipinski definition) is 3. The fraction of sp³-hybridized carbons (Fsp3) is 0.308. The first-order valence-electron chi connectivity index (χ1n) is 5.97. The molecule has 106 valence electrons. The van der Waals surface area contributed by atoms with Gasteiger partial charge in [-0.15, -0.1) is 0 Å². The number of nitro benzene ring substituents is 1. The molecule has 1 N–H and O–H groups in total. The Balaban J connectivity index is 2.76. The van der Waals surface area contributed by atoms with E-state index in [0.717, 1.165) is 11.3 Å². The number of carboxylic acids is 1. The Morgan fingerprint density at radius 1 is 1.50 bits per heavy atom. The Bertz CT molecular complexity index is 721. The van der Waals surface area contributed by atoms with Crippen molar-refractivity contribution in [3.63, 3.8) is 0 Å². The molecule has 7 heteroatoms. The second-order valence-electron chi connectivity index (χ2n) is 4.56. The summed E-state index contributed by atoms with van der Waals surface area (Å²) >= 11 is 6.16. The number of aryl methyl sites for hydroxylation is 2. The number of fused-ring (bicyclic) bond motifs is 1. The molecule has 0 saturated heterocycles. The molecule has 0 saturated carbocycles. The molecular formula is C13H13ClN2O4. The molecule has 0 radical (unpaired) electrons. The van der Waals surface area contributed by atoms with Gasteiger partial charge in [0.25, 0.3) is 5.69 Å². The first-order chi connectivity index (χ1) is 9.34. The van der Waals surface area contributed by atoms with Crippen molar-refractivity contribution < 1.29 is 14.8 Å². The molecule has 0 bridgehead atoms. The van der Waals surface area contributed by atoms with E-state index in [4.69, 9.17) is 16.7 Å². The van der Waals surface area contributed by atoms with Gasteiger partial charge >= 0.3 is 5.97 Å². The van der Waals surface area contributed by atoms with E-state index in [1.165, 1.54) is 12.1 Å². The first-order valence-corrected chi connectivity index (χ1v) is 6.35. The number of aliphatic carboxylic acids is 1. The average molecular weight is 297 g/mol. The topological polar surface area (TPSA) is 85.4 Å². The monoisotopic (exact) mass is 296 g/mol. The largest absolute Gasteiger partial charge is 0.481 e. The van der Waals surface area contributed by atoms with Crippen molar-refractivity contribution in [2.45, 2.75) is 19.8 Å². The van der Waals surface area contributed by atoms with Crippen molar-refractivity contribution >= 4 is 34.2 Å². The number of aromatic nitrogens is 1. The van der Waals surface area contributed by atoms with Crippen molar-refractivity contribution in [2.75, 3.05) is 0 Å². The van der Waals surface area contributed by atoms with Crippen LogP contribution in [0, 0.1) is 17.0 Å². The molecule has 1 heterocycles. The van der Waals surface area contributed by atoms with Crippen molar-refractivity contribution in [1.82, 2.24) is 4.57 Å². The van der Waals surface area contributed by atoms with Gasteiger partial charge in [0.15, 0.2) is 0 Å². The molecule has 0 aliphatic carbocycles. The summed E-state index contributed by atoms with van der Waals surface area (Å²) in [6.45, 7) is 1.80. The van der Waals surface area contributed by atoms with E-state index in [9.17, 15) is 14.9 Å². The molecule has 0 unspecified atom stereocenters. The van der Waals surface area contributed by atoms with Crippen LogP contribution in [0.5, 0.6) is 0 Å². The summed E-state index contributed by atoms with van der Waals surface area (Å²) in [7, 11) is 1.71. The highest BCUT2D eigenvalue weighted by atomic mass is 35.5. The summed E-state index contributed by atoms with van der Waals surface area (Å²) in [5.74, 6) is -0.914. The zero-order valence-electron chi connectivity index (χ0n) is 11.0. The zero-order chi connectivity index (χ0) is 15.0. The summed E-state index contributed by atoms with van der Waals surface area (Å²) < 4.78 is 1.69. The maximum atomic E-state index is 11.1. The minimum Gasteiger partial charge on any atom is -0.481 e. The van der Waals surface area contributed by atoms with Gasteiger partial charge in [-0.3, -0.25) is 14.9 Å². The summed E-state index contributed by atoms with van der Waals surface area (Å²) in [6.07, 6.45) is 0.248. The van der Waals surface area contributed by atoms with E-state index in [1.807, 2.05) is 0 Å². The Morgan fingerprint density at radius 3 is 2.70 bits per heavy atom. The van der Waals surface area contributed by atoms with Crippen LogP contribution in [0.1, 0.15) is 17.7 Å². The van der Waals surface area contributed by atoms with Gasteiger partial charge in [-0.05, 0) is 25.0 Å². The molecule has 20 heavy (non-hydrogen) atoms. The third-order valence-corrected chi connectivity index (χ3v) is 3.78. The van der Waals surface area contributed by atoms with Crippen LogP contribution in [-0.4, -0.2) is 20.6 Å². The third-order valence-electron chi connectivity index (χ3n) is 3.47. The average Bonchev–Trinajstić information content (AvgIpc) is 2.62. The summed E-state index contributed by atoms with van der Waals surface area (Å²) in [4.78, 5) is 21.4. The molecule has 2 aromatic rings. The predicted molar refractivity (Wildman–Crippen MR) is 75.3 cm³/mol. The van der Waals surface area contributed by atoms with E-state index in [2.05, 4.69) is 0 Å². The highest BCUT2D eigenvalue weighted by Gasteiger charge is 2.23. The molecule has 0 aliphatic rings. The van der Waals surface area contributed by atoms with Crippen LogP contribution in [0.2, 0.25) is 5.02 Å². The van der Waals surface area contributed by atoms with Gasteiger partial charge in [0.1, 0.15) is 5.52 Å². The van der Waals surface area contributed by atoms with Crippen LogP contribution in [0.25, 0.3) is 10.9 Å². The standard InChI is InChI=1S/C13H13ClN2O4/c1-7-8(3-6-11(17)18)12-9(14)4-5-10(16(19)20)13(12)15(7)2/h4-5H,3,6H2,1-2H3,(H,17,18). The van der Waals surface area contributed by atoms with Crippen LogP contribution in [-0.2, 0) is 18.3 Å². The van der Waals surface area contributed by atoms with Crippen LogP contribution in [0.3, 0.4) is 0 Å². The van der Waals surface area contributed by atoms with Gasteiger partial charge < -0.3 is 9.67 Å². The molecule has 2 rings (SSSR count). The van der Waals surface area contributed by atoms with Gasteiger partial charge in [0.2, 0.25) is 0 Å². The maximum absolute atomic E-state index is 11.1. The van der Waals surface area contributed by atoms with E-state index in [0.29, 0.717) is 22.3 Å². The fourth-order valence-electron chi connectivity index (χ4n) is 2.42. The van der Waals surface area contributed by atoms with E-state index < -0.39 is 10.9 Å². The first kappa shape index (κ1) is 14.3. The lowest BCUT2D eigenvalue weighted by molar-refractivity contribution is -0.383. The summed E-state index contributed by atoms with van der Waals surface area (Å²) in [5, 5.41) is 20.9. The lowest BCUT2D eigenvalue weighted by atomic mass is 10.1. The minimum absolute atomic E-state index is 0.0309. The van der Waals surface area contributed by atoms with Crippen LogP contribution in [0.15, 0.2) is 12.1 Å². The molecule has 1 aromatic carbocycles. The molecule has 0 fully saturated rings. The predicted octanol–water partition coefficient (Wildman–Crippen LogP) is 3.07. The molecule has 0 amide bonds. The SMILES string of the molecule is Cc1c(CCC(=O)O)c2c(Cl)ccc([N+](=O)[O-])c2n1C. The summed E-state index contributed by atoms with van der Waals surface area (Å²) in [6, 6.07) is 2.84. The molecule has 6 nitrogen and oxygen atoms in total. The van der Waals surface area contributed by atoms with Crippen LogP contribution >= 0.6 is 11.6 Å². The number of benzene rings is 1. The Kier molecular flexibility index (Phi) is 3.67. The van der Waals surface area contributed by atoms with Gasteiger partial charge in [-0.25, -0.2) is 0 Å². The Morgan fingerprint density at radius 2 is 2.15 bits per heavy atom. The maximum Gasteiger partial charge on any atom is 0.303 e. The second-order valence-corrected chi connectivity index (χ2v) is 4.97. The number of rotatable bonds is 4. The van der Waals surface area contributed by atoms with Crippen molar-refractivity contribution in [1.29, 1.82) is 0 Å². The highest BCUT2D eigenvalue weighted by molar-refractivity contribution is 6.36. The number of halogens is 1. The molecule has 0 spiro atoms. The van der Waals surface area contributed by atoms with Crippen molar-refractivity contribution in [3.8, 4) is 0 Å². The number of non-ortho nitro benzene ring substituents is 1. The number of carbonyl (C=O) groups is 1. The molecular weight excluding hydrogens is 284 g/mol. The van der Waals surface area contributed by atoms with Crippen LogP contribution < -0.4 is 0 Å². The highest BCUT2D eigenvalue weighted by Crippen LogP contribution is 2.37. The lowest BCUT2D eigenvalue weighted by Crippen LogP contribution is -1.99. The smallest absolute Gasteiger partial charge is 0.303 e. The van der Waals surface area contributed by atoms with Crippen LogP contribution in [0.4, 0.5) is 5.69 Å². The lowest BCUT2D eigenvalue weighted by Gasteiger charge is -2.01. The van der Waals surface area contributed by atoms with E-state index >= 15 is 0 Å². The third kappa shape index (κ3) is 2.22. The van der Waals surface area contributed by atoms with Crippen molar-refractivity contribution in [3.05, 3.63) is 38.5 Å². The number of nitrogens with zero attached hydrogens (tertiary/aromatic N) is 2. The molecule has 0 atom stereocenters. The van der Waals surface area contributed by atoms with Gasteiger partial charge in [0, 0.05) is 30.6 Å². The quantitative estimate of drug-likeness (QED) is 0.694. The Labute approximate surface area is 119 Å². The molecule has 1 aromatic heterocycles. The van der Waals surface area contributed by atoms with Gasteiger partial charge in [-0.2, -0.15) is 0 Å². The minimum atomic E-state index is -0.914. The Hall–Kier alpha value is -2.08. The number of nitro groups is 1. The van der Waals surface area contributed by atoms with Gasteiger partial charge in [-0.1, -0.05) is 11.6 Å². The molecule has 0 aliphatic heterocycles. The fourth-order valence-corrected chi connectivity index (χ4v) is 2.68. The number of hydrogen-bond donors (Lipinski definition) is 1. The van der Waals surface area contributed by atoms with E-state index in [-0.39, 0.29) is 12.1 Å². The number of carboxylic acid groups (broad SMARTS) is 1. The van der Waals surface area contributed by atoms with Crippen molar-refractivity contribution in [2.24, 2.45) is 7.05 Å².